The van der Waals surface area contributed by atoms with E-state index in [2.05, 4.69) is 13.0 Å². The zero-order chi connectivity index (χ0) is 8.97. The first kappa shape index (κ1) is 9.33. The molecule has 2 nitrogen and oxygen atoms in total. The highest BCUT2D eigenvalue weighted by Gasteiger charge is 2.15. The molecule has 1 aliphatic rings. The highest BCUT2D eigenvalue weighted by molar-refractivity contribution is 5.23. The van der Waals surface area contributed by atoms with Crippen molar-refractivity contribution in [2.45, 2.75) is 25.9 Å². The van der Waals surface area contributed by atoms with Crippen molar-refractivity contribution in [2.24, 2.45) is 0 Å². The fourth-order valence-electron chi connectivity index (χ4n) is 1.41. The van der Waals surface area contributed by atoms with Gasteiger partial charge in [-0.3, -0.25) is 0 Å². The van der Waals surface area contributed by atoms with Crippen LogP contribution in [0.15, 0.2) is 23.5 Å². The Hall–Kier alpha value is -0.760. The monoisotopic (exact) mass is 168 g/mol. The molecule has 0 aliphatic heterocycles. The van der Waals surface area contributed by atoms with Crippen LogP contribution in [0.5, 0.6) is 0 Å². The Labute approximate surface area is 73.9 Å². The molecule has 1 aliphatic carbocycles. The highest BCUT2D eigenvalue weighted by Crippen LogP contribution is 2.19. The van der Waals surface area contributed by atoms with Gasteiger partial charge >= 0.3 is 0 Å². The van der Waals surface area contributed by atoms with Crippen molar-refractivity contribution in [3.8, 4) is 0 Å². The van der Waals surface area contributed by atoms with Crippen LogP contribution >= 0.6 is 0 Å². The zero-order valence-corrected chi connectivity index (χ0v) is 7.96. The van der Waals surface area contributed by atoms with Crippen molar-refractivity contribution in [3.63, 3.8) is 0 Å². The van der Waals surface area contributed by atoms with Gasteiger partial charge in [-0.2, -0.15) is 0 Å². The first-order chi connectivity index (χ1) is 5.77. The third kappa shape index (κ3) is 2.11. The molecule has 0 aromatic rings. The molecule has 2 heteroatoms. The lowest BCUT2D eigenvalue weighted by Gasteiger charge is -2.15. The summed E-state index contributed by atoms with van der Waals surface area (Å²) in [5, 5.41) is 0. The molecule has 0 heterocycles. The molecular formula is C10H16O2. The first-order valence-corrected chi connectivity index (χ1v) is 4.23. The largest absolute Gasteiger partial charge is 0.498 e. The van der Waals surface area contributed by atoms with Crippen molar-refractivity contribution < 1.29 is 9.47 Å². The maximum absolute atomic E-state index is 5.30. The number of rotatable bonds is 2. The third-order valence-electron chi connectivity index (χ3n) is 2.10. The van der Waals surface area contributed by atoms with Crippen molar-refractivity contribution >= 4 is 0 Å². The smallest absolute Gasteiger partial charge is 0.125 e. The molecule has 1 unspecified atom stereocenters. The average molecular weight is 168 g/mol. The Balaban J connectivity index is 2.76. The summed E-state index contributed by atoms with van der Waals surface area (Å²) < 4.78 is 10.5. The Kier molecular flexibility index (Phi) is 3.35. The Morgan fingerprint density at radius 3 is 2.75 bits per heavy atom. The normalized spacial score (nSPS) is 24.1. The predicted molar refractivity (Wildman–Crippen MR) is 48.9 cm³/mol. The van der Waals surface area contributed by atoms with E-state index in [4.69, 9.17) is 9.47 Å². The molecule has 0 amide bonds. The lowest BCUT2D eigenvalue weighted by molar-refractivity contribution is 0.0743. The summed E-state index contributed by atoms with van der Waals surface area (Å²) in [6.45, 7) is 2.08. The van der Waals surface area contributed by atoms with Gasteiger partial charge in [0.25, 0.3) is 0 Å². The van der Waals surface area contributed by atoms with Gasteiger partial charge in [-0.25, -0.2) is 0 Å². The van der Waals surface area contributed by atoms with Crippen molar-refractivity contribution in [3.05, 3.63) is 23.5 Å². The molecule has 68 valence electrons. The number of allylic oxidation sites excluding steroid dienone is 3. The van der Waals surface area contributed by atoms with Crippen LogP contribution in [0.3, 0.4) is 0 Å². The molecule has 0 bridgehead atoms. The molecule has 12 heavy (non-hydrogen) atoms. The Morgan fingerprint density at radius 2 is 2.17 bits per heavy atom. The van der Waals surface area contributed by atoms with E-state index in [0.717, 1.165) is 18.6 Å². The van der Waals surface area contributed by atoms with E-state index in [1.54, 1.807) is 14.2 Å². The van der Waals surface area contributed by atoms with Gasteiger partial charge < -0.3 is 9.47 Å². The van der Waals surface area contributed by atoms with E-state index in [1.807, 2.05) is 6.08 Å². The van der Waals surface area contributed by atoms with E-state index in [0.29, 0.717) is 0 Å². The molecule has 0 saturated carbocycles. The summed E-state index contributed by atoms with van der Waals surface area (Å²) in [5.74, 6) is 0.934. The van der Waals surface area contributed by atoms with Gasteiger partial charge in [0.15, 0.2) is 0 Å². The van der Waals surface area contributed by atoms with Gasteiger partial charge in [0.05, 0.1) is 7.11 Å². The van der Waals surface area contributed by atoms with Crippen molar-refractivity contribution in [1.29, 1.82) is 0 Å². The molecule has 0 N–H and O–H groups in total. The lowest BCUT2D eigenvalue weighted by atomic mass is 10.2. The topological polar surface area (TPSA) is 18.5 Å². The Bertz CT molecular complexity index is 204. The molecule has 0 fully saturated rings. The summed E-state index contributed by atoms with van der Waals surface area (Å²) >= 11 is 0. The minimum Gasteiger partial charge on any atom is -0.498 e. The van der Waals surface area contributed by atoms with E-state index >= 15 is 0 Å². The number of methoxy groups -OCH3 is 2. The second kappa shape index (κ2) is 4.31. The van der Waals surface area contributed by atoms with Gasteiger partial charge in [-0.1, -0.05) is 11.6 Å². The van der Waals surface area contributed by atoms with E-state index in [-0.39, 0.29) is 6.10 Å². The number of ether oxygens (including phenoxy) is 2. The SMILES string of the molecule is COC1=CC(C)=CCCC1OC. The van der Waals surface area contributed by atoms with Crippen molar-refractivity contribution in [2.75, 3.05) is 14.2 Å². The summed E-state index contributed by atoms with van der Waals surface area (Å²) in [7, 11) is 3.41. The van der Waals surface area contributed by atoms with E-state index in [9.17, 15) is 0 Å². The molecular weight excluding hydrogens is 152 g/mol. The van der Waals surface area contributed by atoms with Gasteiger partial charge in [-0.15, -0.1) is 0 Å². The van der Waals surface area contributed by atoms with E-state index in [1.165, 1.54) is 5.57 Å². The van der Waals surface area contributed by atoms with Crippen molar-refractivity contribution in [1.82, 2.24) is 0 Å². The van der Waals surface area contributed by atoms with Crippen LogP contribution in [0, 0.1) is 0 Å². The minimum atomic E-state index is 0.128. The minimum absolute atomic E-state index is 0.128. The standard InChI is InChI=1S/C10H16O2/c1-8-5-4-6-9(11-2)10(7-8)12-3/h5,7,9H,4,6H2,1-3H3. The predicted octanol–water partition coefficient (Wildman–Crippen LogP) is 2.27. The molecule has 1 rings (SSSR count). The summed E-state index contributed by atoms with van der Waals surface area (Å²) in [6, 6.07) is 0. The molecule has 0 spiro atoms. The van der Waals surface area contributed by atoms with Crippen LogP contribution < -0.4 is 0 Å². The second-order valence-corrected chi connectivity index (χ2v) is 3.00. The molecule has 1 atom stereocenters. The first-order valence-electron chi connectivity index (χ1n) is 4.23. The lowest BCUT2D eigenvalue weighted by Crippen LogP contribution is -2.14. The molecule has 0 aromatic heterocycles. The van der Waals surface area contributed by atoms with Crippen LogP contribution in [0.1, 0.15) is 19.8 Å². The van der Waals surface area contributed by atoms with Crippen LogP contribution in [0.25, 0.3) is 0 Å². The van der Waals surface area contributed by atoms with Gasteiger partial charge in [0.1, 0.15) is 11.9 Å². The third-order valence-corrected chi connectivity index (χ3v) is 2.10. The summed E-state index contributed by atoms with van der Waals surface area (Å²) in [6.07, 6.45) is 6.45. The quantitative estimate of drug-likeness (QED) is 0.629. The van der Waals surface area contributed by atoms with Crippen LogP contribution in [0.4, 0.5) is 0 Å². The molecule has 0 saturated heterocycles. The fourth-order valence-corrected chi connectivity index (χ4v) is 1.41. The average Bonchev–Trinajstić information content (AvgIpc) is 2.26. The maximum Gasteiger partial charge on any atom is 0.125 e. The molecule has 0 aromatic carbocycles. The summed E-state index contributed by atoms with van der Waals surface area (Å²) in [5.41, 5.74) is 1.26. The zero-order valence-electron chi connectivity index (χ0n) is 7.96. The fraction of sp³-hybridized carbons (Fsp3) is 0.600. The molecule has 0 radical (unpaired) electrons. The number of hydrogen-bond acceptors (Lipinski definition) is 2. The van der Waals surface area contributed by atoms with Gasteiger partial charge in [-0.05, 0) is 25.8 Å². The second-order valence-electron chi connectivity index (χ2n) is 3.00. The van der Waals surface area contributed by atoms with Gasteiger partial charge in [0.2, 0.25) is 0 Å². The maximum atomic E-state index is 5.30. The van der Waals surface area contributed by atoms with Crippen LogP contribution in [-0.4, -0.2) is 20.3 Å². The van der Waals surface area contributed by atoms with Crippen LogP contribution in [-0.2, 0) is 9.47 Å². The summed E-state index contributed by atoms with van der Waals surface area (Å²) in [4.78, 5) is 0. The van der Waals surface area contributed by atoms with Crippen LogP contribution in [0.2, 0.25) is 0 Å². The van der Waals surface area contributed by atoms with Gasteiger partial charge in [0, 0.05) is 7.11 Å². The Morgan fingerprint density at radius 1 is 1.42 bits per heavy atom. The highest BCUT2D eigenvalue weighted by atomic mass is 16.5. The number of hydrogen-bond donors (Lipinski definition) is 0. The van der Waals surface area contributed by atoms with E-state index < -0.39 is 0 Å².